The molecule has 1 aromatic carbocycles. The Labute approximate surface area is 132 Å². The van der Waals surface area contributed by atoms with Crippen molar-refractivity contribution in [2.24, 2.45) is 0 Å². The van der Waals surface area contributed by atoms with Crippen molar-refractivity contribution in [1.29, 1.82) is 0 Å². The first kappa shape index (κ1) is 16.4. The first-order valence-corrected chi connectivity index (χ1v) is 8.06. The minimum atomic E-state index is -0.257. The molecule has 0 amide bonds. The maximum Gasteiger partial charge on any atom is 0.340 e. The molecule has 0 aliphatic carbocycles. The first-order chi connectivity index (χ1) is 10.6. The van der Waals surface area contributed by atoms with Crippen molar-refractivity contribution in [3.8, 4) is 5.75 Å². The van der Waals surface area contributed by atoms with Crippen LogP contribution in [0.25, 0.3) is 10.9 Å². The Kier molecular flexibility index (Phi) is 5.47. The van der Waals surface area contributed by atoms with Gasteiger partial charge in [0.15, 0.2) is 0 Å². The number of esters is 1. The van der Waals surface area contributed by atoms with Crippen molar-refractivity contribution in [2.45, 2.75) is 47.1 Å². The number of carbonyl (C=O) groups excluding carboxylic acids is 1. The number of aryl methyl sites for hydroxylation is 1. The Hall–Kier alpha value is -1.97. The lowest BCUT2D eigenvalue weighted by Gasteiger charge is -2.07. The van der Waals surface area contributed by atoms with Gasteiger partial charge in [-0.1, -0.05) is 13.8 Å². The minimum Gasteiger partial charge on any atom is -0.494 e. The van der Waals surface area contributed by atoms with E-state index in [-0.39, 0.29) is 5.97 Å². The molecule has 2 aromatic rings. The zero-order valence-electron chi connectivity index (χ0n) is 13.9. The third kappa shape index (κ3) is 3.11. The molecule has 120 valence electrons. The van der Waals surface area contributed by atoms with Crippen LogP contribution in [0.15, 0.2) is 18.2 Å². The van der Waals surface area contributed by atoms with Crippen LogP contribution in [0.5, 0.6) is 5.75 Å². The van der Waals surface area contributed by atoms with Gasteiger partial charge in [-0.25, -0.2) is 4.79 Å². The number of ether oxygens (including phenoxy) is 2. The number of fused-ring (bicyclic) bond motifs is 1. The quantitative estimate of drug-likeness (QED) is 0.715. The van der Waals surface area contributed by atoms with E-state index in [4.69, 9.17) is 9.47 Å². The smallest absolute Gasteiger partial charge is 0.340 e. The highest BCUT2D eigenvalue weighted by Crippen LogP contribution is 2.30. The fraction of sp³-hybridized carbons (Fsp3) is 0.500. The standard InChI is InChI=1S/C18H25NO3/c1-5-10-19-13(4)17(18(20)21-7-3)15-12-14(22-11-6-2)8-9-16(15)19/h8-9,12H,5-7,10-11H2,1-4H3. The summed E-state index contributed by atoms with van der Waals surface area (Å²) >= 11 is 0. The molecule has 0 aliphatic rings. The van der Waals surface area contributed by atoms with E-state index in [0.29, 0.717) is 18.8 Å². The number of benzene rings is 1. The molecule has 0 aliphatic heterocycles. The lowest BCUT2D eigenvalue weighted by atomic mass is 10.1. The molecule has 0 saturated heterocycles. The van der Waals surface area contributed by atoms with Gasteiger partial charge >= 0.3 is 5.97 Å². The van der Waals surface area contributed by atoms with E-state index in [1.165, 1.54) is 0 Å². The molecule has 0 unspecified atom stereocenters. The van der Waals surface area contributed by atoms with Gasteiger partial charge in [-0.05, 0) is 44.9 Å². The van der Waals surface area contributed by atoms with E-state index in [1.807, 2.05) is 32.0 Å². The topological polar surface area (TPSA) is 40.5 Å². The molecule has 0 bridgehead atoms. The molecular weight excluding hydrogens is 278 g/mol. The molecule has 0 saturated carbocycles. The summed E-state index contributed by atoms with van der Waals surface area (Å²) in [7, 11) is 0. The summed E-state index contributed by atoms with van der Waals surface area (Å²) in [5.41, 5.74) is 2.68. The summed E-state index contributed by atoms with van der Waals surface area (Å²) in [6.45, 7) is 9.96. The number of aromatic nitrogens is 1. The maximum atomic E-state index is 12.3. The second kappa shape index (κ2) is 7.34. The lowest BCUT2D eigenvalue weighted by Crippen LogP contribution is -2.07. The third-order valence-electron chi connectivity index (χ3n) is 3.69. The highest BCUT2D eigenvalue weighted by atomic mass is 16.5. The van der Waals surface area contributed by atoms with Gasteiger partial charge in [0.2, 0.25) is 0 Å². The van der Waals surface area contributed by atoms with E-state index < -0.39 is 0 Å². The van der Waals surface area contributed by atoms with Gasteiger partial charge in [0, 0.05) is 23.1 Å². The first-order valence-electron chi connectivity index (χ1n) is 8.06. The van der Waals surface area contributed by atoms with Gasteiger partial charge in [-0.15, -0.1) is 0 Å². The Morgan fingerprint density at radius 3 is 2.59 bits per heavy atom. The molecule has 0 N–H and O–H groups in total. The van der Waals surface area contributed by atoms with Crippen LogP contribution in [0.3, 0.4) is 0 Å². The number of carbonyl (C=O) groups is 1. The molecule has 0 atom stereocenters. The largest absolute Gasteiger partial charge is 0.494 e. The monoisotopic (exact) mass is 303 g/mol. The van der Waals surface area contributed by atoms with Gasteiger partial charge in [-0.3, -0.25) is 0 Å². The zero-order valence-corrected chi connectivity index (χ0v) is 13.9. The molecule has 0 fully saturated rings. The average Bonchev–Trinajstić information content (AvgIpc) is 2.78. The average molecular weight is 303 g/mol. The molecule has 2 rings (SSSR count). The minimum absolute atomic E-state index is 0.257. The predicted molar refractivity (Wildman–Crippen MR) is 88.7 cm³/mol. The Morgan fingerprint density at radius 2 is 1.95 bits per heavy atom. The summed E-state index contributed by atoms with van der Waals surface area (Å²) in [5.74, 6) is 0.543. The van der Waals surface area contributed by atoms with Crippen molar-refractivity contribution < 1.29 is 14.3 Å². The van der Waals surface area contributed by atoms with Gasteiger partial charge in [0.25, 0.3) is 0 Å². The second-order valence-electron chi connectivity index (χ2n) is 5.36. The van der Waals surface area contributed by atoms with Crippen molar-refractivity contribution in [2.75, 3.05) is 13.2 Å². The summed E-state index contributed by atoms with van der Waals surface area (Å²) in [6.07, 6.45) is 1.97. The Balaban J connectivity index is 2.57. The molecular formula is C18H25NO3. The van der Waals surface area contributed by atoms with E-state index in [0.717, 1.165) is 41.7 Å². The number of nitrogens with zero attached hydrogens (tertiary/aromatic N) is 1. The highest BCUT2D eigenvalue weighted by Gasteiger charge is 2.21. The van der Waals surface area contributed by atoms with Crippen LogP contribution in [0, 0.1) is 6.92 Å². The normalized spacial score (nSPS) is 10.9. The predicted octanol–water partition coefficient (Wildman–Crippen LogP) is 4.33. The Morgan fingerprint density at radius 1 is 1.18 bits per heavy atom. The van der Waals surface area contributed by atoms with Crippen LogP contribution < -0.4 is 4.74 Å². The molecule has 22 heavy (non-hydrogen) atoms. The van der Waals surface area contributed by atoms with Gasteiger partial charge in [0.05, 0.1) is 18.8 Å². The third-order valence-corrected chi connectivity index (χ3v) is 3.69. The number of rotatable bonds is 7. The lowest BCUT2D eigenvalue weighted by molar-refractivity contribution is 0.0527. The molecule has 0 radical (unpaired) electrons. The van der Waals surface area contributed by atoms with E-state index >= 15 is 0 Å². The highest BCUT2D eigenvalue weighted by molar-refractivity contribution is 6.06. The molecule has 4 nitrogen and oxygen atoms in total. The van der Waals surface area contributed by atoms with Crippen molar-refractivity contribution in [3.63, 3.8) is 0 Å². The zero-order chi connectivity index (χ0) is 16.1. The SMILES string of the molecule is CCCOc1ccc2c(c1)c(C(=O)OCC)c(C)n2CCC. The van der Waals surface area contributed by atoms with Crippen molar-refractivity contribution in [1.82, 2.24) is 4.57 Å². The fourth-order valence-electron chi connectivity index (χ4n) is 2.74. The van der Waals surface area contributed by atoms with Crippen LogP contribution in [0.4, 0.5) is 0 Å². The van der Waals surface area contributed by atoms with Gasteiger partial charge in [0.1, 0.15) is 5.75 Å². The number of hydrogen-bond acceptors (Lipinski definition) is 3. The maximum absolute atomic E-state index is 12.3. The summed E-state index contributed by atoms with van der Waals surface area (Å²) in [4.78, 5) is 12.3. The molecule has 1 aromatic heterocycles. The van der Waals surface area contributed by atoms with E-state index in [2.05, 4.69) is 18.4 Å². The van der Waals surface area contributed by atoms with Gasteiger partial charge < -0.3 is 14.0 Å². The van der Waals surface area contributed by atoms with E-state index in [1.54, 1.807) is 0 Å². The van der Waals surface area contributed by atoms with Crippen LogP contribution in [0.1, 0.15) is 49.7 Å². The van der Waals surface area contributed by atoms with Crippen molar-refractivity contribution in [3.05, 3.63) is 29.5 Å². The van der Waals surface area contributed by atoms with Crippen LogP contribution in [0.2, 0.25) is 0 Å². The van der Waals surface area contributed by atoms with Crippen LogP contribution >= 0.6 is 0 Å². The van der Waals surface area contributed by atoms with Crippen molar-refractivity contribution >= 4 is 16.9 Å². The van der Waals surface area contributed by atoms with E-state index in [9.17, 15) is 4.79 Å². The Bertz CT molecular complexity index is 658. The van der Waals surface area contributed by atoms with Gasteiger partial charge in [-0.2, -0.15) is 0 Å². The summed E-state index contributed by atoms with van der Waals surface area (Å²) in [6, 6.07) is 5.96. The summed E-state index contributed by atoms with van der Waals surface area (Å²) in [5, 5.41) is 0.915. The van der Waals surface area contributed by atoms with Crippen LogP contribution in [-0.4, -0.2) is 23.8 Å². The second-order valence-corrected chi connectivity index (χ2v) is 5.36. The molecule has 0 spiro atoms. The molecule has 4 heteroatoms. The van der Waals surface area contributed by atoms with Crippen LogP contribution in [-0.2, 0) is 11.3 Å². The summed E-state index contributed by atoms with van der Waals surface area (Å²) < 4.78 is 13.1. The molecule has 1 heterocycles. The fourth-order valence-corrected chi connectivity index (χ4v) is 2.74. The number of hydrogen-bond donors (Lipinski definition) is 0.